The molecule has 5 aromatic rings. The van der Waals surface area contributed by atoms with E-state index in [4.69, 9.17) is 37.5 Å². The van der Waals surface area contributed by atoms with Crippen LogP contribution in [0.15, 0.2) is 82.2 Å². The third-order valence-corrected chi connectivity index (χ3v) is 7.19. The zero-order valence-corrected chi connectivity index (χ0v) is 20.9. The molecule has 0 unspecified atom stereocenters. The number of carbonyl (C=O) groups is 2. The second-order valence-electron chi connectivity index (χ2n) is 7.78. The number of ketones is 1. The molecule has 186 valence electrons. The predicted octanol–water partition coefficient (Wildman–Crippen LogP) is 5.78. The number of nitrogens with one attached hydrogen (secondary N) is 1. The summed E-state index contributed by atoms with van der Waals surface area (Å²) in [7, 11) is -4.29. The fourth-order valence-corrected chi connectivity index (χ4v) is 5.38. The van der Waals surface area contributed by atoms with Crippen molar-refractivity contribution in [3.05, 3.63) is 94.3 Å². The highest BCUT2D eigenvalue weighted by Crippen LogP contribution is 2.36. The van der Waals surface area contributed by atoms with E-state index in [-0.39, 0.29) is 49.2 Å². The van der Waals surface area contributed by atoms with Crippen LogP contribution in [0.2, 0.25) is 10.0 Å². The van der Waals surface area contributed by atoms with Crippen molar-refractivity contribution in [2.24, 2.45) is 5.73 Å². The molecule has 0 aliphatic carbocycles. The minimum absolute atomic E-state index is 0.00817. The summed E-state index contributed by atoms with van der Waals surface area (Å²) < 4.78 is 37.2. The molecule has 0 saturated heterocycles. The van der Waals surface area contributed by atoms with E-state index in [1.165, 1.54) is 48.7 Å². The number of urea groups is 1. The van der Waals surface area contributed by atoms with Crippen molar-refractivity contribution in [1.29, 1.82) is 0 Å². The molecule has 37 heavy (non-hydrogen) atoms. The second kappa shape index (κ2) is 9.40. The molecule has 0 atom stereocenters. The van der Waals surface area contributed by atoms with Gasteiger partial charge in [-0.2, -0.15) is 8.42 Å². The topological polar surface area (TPSA) is 142 Å². The van der Waals surface area contributed by atoms with Crippen LogP contribution in [-0.2, 0) is 10.1 Å². The van der Waals surface area contributed by atoms with E-state index in [9.17, 15) is 18.0 Å². The van der Waals surface area contributed by atoms with Gasteiger partial charge in [-0.3, -0.25) is 9.78 Å². The maximum absolute atomic E-state index is 13.2. The number of furan rings is 1. The molecule has 0 aliphatic rings. The van der Waals surface area contributed by atoms with E-state index in [1.807, 2.05) is 0 Å². The van der Waals surface area contributed by atoms with Crippen LogP contribution in [0.3, 0.4) is 0 Å². The minimum Gasteiger partial charge on any atom is -0.450 e. The predicted molar refractivity (Wildman–Crippen MR) is 139 cm³/mol. The first-order valence-corrected chi connectivity index (χ1v) is 12.7. The fraction of sp³-hybridized carbons (Fsp3) is 0. The Morgan fingerprint density at radius 2 is 1.78 bits per heavy atom. The number of amides is 2. The molecular weight excluding hydrogens is 541 g/mol. The number of carbonyl (C=O) groups excluding carboxylic acids is 2. The van der Waals surface area contributed by atoms with E-state index >= 15 is 0 Å². The maximum Gasteiger partial charge on any atom is 0.341 e. The van der Waals surface area contributed by atoms with Gasteiger partial charge in [0.05, 0.1) is 10.5 Å². The number of benzene rings is 3. The highest BCUT2D eigenvalue weighted by molar-refractivity contribution is 7.87. The molecule has 2 heterocycles. The van der Waals surface area contributed by atoms with E-state index in [1.54, 1.807) is 24.3 Å². The molecular formula is C25H15Cl2N3O6S. The first-order valence-electron chi connectivity index (χ1n) is 10.5. The quantitative estimate of drug-likeness (QED) is 0.200. The minimum atomic E-state index is -4.29. The number of nitrogens with two attached hydrogens (primary N) is 1. The number of pyridine rings is 1. The zero-order chi connectivity index (χ0) is 26.3. The Bertz CT molecular complexity index is 1830. The largest absolute Gasteiger partial charge is 0.450 e. The summed E-state index contributed by atoms with van der Waals surface area (Å²) in [5.74, 6) is -1.02. The summed E-state index contributed by atoms with van der Waals surface area (Å²) in [5.41, 5.74) is 5.67. The lowest BCUT2D eigenvalue weighted by molar-refractivity contribution is 0.101. The molecule has 0 radical (unpaired) electrons. The van der Waals surface area contributed by atoms with Crippen molar-refractivity contribution in [1.82, 2.24) is 4.98 Å². The summed E-state index contributed by atoms with van der Waals surface area (Å²) in [5, 5.41) is 3.68. The van der Waals surface area contributed by atoms with Crippen molar-refractivity contribution >= 4 is 72.7 Å². The molecule has 3 aromatic carbocycles. The monoisotopic (exact) mass is 555 g/mol. The van der Waals surface area contributed by atoms with Gasteiger partial charge in [-0.1, -0.05) is 41.4 Å². The van der Waals surface area contributed by atoms with Crippen molar-refractivity contribution in [3.63, 3.8) is 0 Å². The number of para-hydroxylation sites is 1. The van der Waals surface area contributed by atoms with Gasteiger partial charge in [0.25, 0.3) is 0 Å². The van der Waals surface area contributed by atoms with Crippen LogP contribution in [-0.4, -0.2) is 25.2 Å². The molecule has 0 saturated carbocycles. The van der Waals surface area contributed by atoms with Gasteiger partial charge in [-0.05, 0) is 42.5 Å². The molecule has 12 heteroatoms. The molecule has 0 fully saturated rings. The highest BCUT2D eigenvalue weighted by Gasteiger charge is 2.26. The molecule has 0 bridgehead atoms. The third-order valence-electron chi connectivity index (χ3n) is 5.36. The summed E-state index contributed by atoms with van der Waals surface area (Å²) in [6.07, 6.45) is 1.48. The lowest BCUT2D eigenvalue weighted by Gasteiger charge is -2.09. The van der Waals surface area contributed by atoms with Crippen LogP contribution in [0.4, 0.5) is 10.5 Å². The number of aromatic nitrogens is 1. The number of hydrogen-bond acceptors (Lipinski definition) is 7. The summed E-state index contributed by atoms with van der Waals surface area (Å²) in [6.45, 7) is 0. The van der Waals surface area contributed by atoms with Crippen LogP contribution in [0.1, 0.15) is 16.1 Å². The Morgan fingerprint density at radius 3 is 2.54 bits per heavy atom. The van der Waals surface area contributed by atoms with Crippen LogP contribution in [0, 0.1) is 0 Å². The Morgan fingerprint density at radius 1 is 1.00 bits per heavy atom. The number of nitrogens with zero attached hydrogens (tertiary/aromatic N) is 1. The second-order valence-corrected chi connectivity index (χ2v) is 10.1. The van der Waals surface area contributed by atoms with Crippen molar-refractivity contribution in [2.75, 3.05) is 5.32 Å². The van der Waals surface area contributed by atoms with Crippen molar-refractivity contribution in [3.8, 4) is 5.75 Å². The summed E-state index contributed by atoms with van der Waals surface area (Å²) in [6, 6.07) is 15.5. The Kier molecular flexibility index (Phi) is 6.24. The molecule has 0 spiro atoms. The Labute approximate surface area is 219 Å². The smallest absolute Gasteiger partial charge is 0.341 e. The van der Waals surface area contributed by atoms with Gasteiger partial charge in [0, 0.05) is 33.6 Å². The van der Waals surface area contributed by atoms with Crippen LogP contribution < -0.4 is 15.2 Å². The third kappa shape index (κ3) is 4.69. The Hall–Kier alpha value is -4.12. The molecule has 3 N–H and O–H groups in total. The van der Waals surface area contributed by atoms with Gasteiger partial charge < -0.3 is 19.7 Å². The lowest BCUT2D eigenvalue weighted by Crippen LogP contribution is -2.20. The maximum atomic E-state index is 13.2. The van der Waals surface area contributed by atoms with Crippen LogP contribution >= 0.6 is 23.2 Å². The number of fused-ring (bicyclic) bond motifs is 2. The van der Waals surface area contributed by atoms with Crippen LogP contribution in [0.25, 0.3) is 21.9 Å². The highest BCUT2D eigenvalue weighted by atomic mass is 35.5. The summed E-state index contributed by atoms with van der Waals surface area (Å²) in [4.78, 5) is 28.9. The van der Waals surface area contributed by atoms with Gasteiger partial charge in [0.2, 0.25) is 5.78 Å². The van der Waals surface area contributed by atoms with Crippen molar-refractivity contribution < 1.29 is 26.6 Å². The van der Waals surface area contributed by atoms with Gasteiger partial charge in [-0.25, -0.2) is 4.79 Å². The molecule has 2 amide bonds. The van der Waals surface area contributed by atoms with Gasteiger partial charge in [0.15, 0.2) is 5.76 Å². The van der Waals surface area contributed by atoms with E-state index in [0.717, 1.165) is 0 Å². The molecule has 5 rings (SSSR count). The number of hydrogen-bond donors (Lipinski definition) is 2. The Balaban J connectivity index is 1.57. The lowest BCUT2D eigenvalue weighted by atomic mass is 10.1. The number of primary amides is 1. The van der Waals surface area contributed by atoms with Gasteiger partial charge in [0.1, 0.15) is 21.9 Å². The number of anilines is 1. The van der Waals surface area contributed by atoms with Crippen LogP contribution in [0.5, 0.6) is 5.75 Å². The standard InChI is InChI=1S/C25H15Cl2N3O6S/c26-14-6-8-16(18(27)11-14)23(31)24-22(30-25(28)32)17-9-7-15(12-19(17)35-24)36-37(33,34)20-5-1-3-13-4-2-10-29-21(13)20/h1-12H,(H3,28,30,32). The van der Waals surface area contributed by atoms with Gasteiger partial charge in [-0.15, -0.1) is 0 Å². The van der Waals surface area contributed by atoms with E-state index in [0.29, 0.717) is 10.4 Å². The first kappa shape index (κ1) is 24.6. The normalized spacial score (nSPS) is 11.5. The zero-order valence-electron chi connectivity index (χ0n) is 18.6. The van der Waals surface area contributed by atoms with Gasteiger partial charge >= 0.3 is 16.1 Å². The molecule has 2 aromatic heterocycles. The molecule has 0 aliphatic heterocycles. The first-order chi connectivity index (χ1) is 17.6. The summed E-state index contributed by atoms with van der Waals surface area (Å²) >= 11 is 12.1. The fourth-order valence-electron chi connectivity index (χ4n) is 3.78. The average molecular weight is 556 g/mol. The van der Waals surface area contributed by atoms with Crippen molar-refractivity contribution in [2.45, 2.75) is 4.90 Å². The SMILES string of the molecule is NC(=O)Nc1c(C(=O)c2ccc(Cl)cc2Cl)oc2cc(OS(=O)(=O)c3cccc4cccnc34)ccc12. The average Bonchev–Trinajstić information content (AvgIpc) is 3.20. The number of halogens is 2. The number of rotatable bonds is 6. The van der Waals surface area contributed by atoms with E-state index in [2.05, 4.69) is 10.3 Å². The molecule has 9 nitrogen and oxygen atoms in total. The van der Waals surface area contributed by atoms with E-state index < -0.39 is 21.9 Å².